The van der Waals surface area contributed by atoms with Crippen molar-refractivity contribution in [3.05, 3.63) is 94.1 Å². The lowest BCUT2D eigenvalue weighted by Crippen LogP contribution is -2.80. The van der Waals surface area contributed by atoms with E-state index < -0.39 is 51.5 Å². The van der Waals surface area contributed by atoms with Gasteiger partial charge in [0, 0.05) is 31.0 Å². The number of carbonyl (C=O) groups is 4. The average Bonchev–Trinajstić information content (AvgIpc) is 3.77. The molecule has 2 N–H and O–H groups in total. The molecule has 2 atom stereocenters. The smallest absolute Gasteiger partial charge is 0.413 e. The molecule has 0 bridgehead atoms. The first-order valence-corrected chi connectivity index (χ1v) is 19.6. The largest absolute Gasteiger partial charge is 0.448 e. The maximum absolute atomic E-state index is 14.3. The molecule has 1 fully saturated rings. The predicted octanol–water partition coefficient (Wildman–Crippen LogP) is 4.88. The number of nitrogens with one attached hydrogen (secondary N) is 2. The summed E-state index contributed by atoms with van der Waals surface area (Å²) >= 11 is 20.5. The molecule has 2 aromatic carbocycles. The fourth-order valence-corrected chi connectivity index (χ4v) is 8.70. The van der Waals surface area contributed by atoms with Crippen molar-refractivity contribution < 1.29 is 33.4 Å². The van der Waals surface area contributed by atoms with E-state index >= 15 is 0 Å². The fraction of sp³-hybridized carbons (Fsp3) is 0.312. The molecule has 21 heteroatoms. The Kier molecular flexibility index (Phi) is 12.2. The van der Waals surface area contributed by atoms with E-state index in [1.807, 2.05) is 60.7 Å². The Balaban J connectivity index is 1.21. The minimum Gasteiger partial charge on any atom is -0.448 e. The normalized spacial score (nSPS) is 18.3. The van der Waals surface area contributed by atoms with Gasteiger partial charge in [-0.2, -0.15) is 0 Å². The first-order valence-electron chi connectivity index (χ1n) is 15.5. The van der Waals surface area contributed by atoms with E-state index in [1.165, 1.54) is 40.2 Å². The van der Waals surface area contributed by atoms with E-state index in [4.69, 9.17) is 49.0 Å². The molecule has 3 amide bonds. The number of hydrogen-bond donors (Lipinski definition) is 2. The van der Waals surface area contributed by atoms with Crippen molar-refractivity contribution in [2.45, 2.75) is 32.6 Å². The maximum atomic E-state index is 14.3. The van der Waals surface area contributed by atoms with Crippen LogP contribution in [0, 0.1) is 0 Å². The highest BCUT2D eigenvalue weighted by Crippen LogP contribution is 2.48. The van der Waals surface area contributed by atoms with Gasteiger partial charge in [0.25, 0.3) is 11.6 Å². The first-order chi connectivity index (χ1) is 25.4. The maximum Gasteiger partial charge on any atom is 0.413 e. The summed E-state index contributed by atoms with van der Waals surface area (Å²) in [5.41, 5.74) is 0.647. The zero-order valence-electron chi connectivity index (χ0n) is 27.7. The van der Waals surface area contributed by atoms with Gasteiger partial charge in [-0.25, -0.2) is 19.3 Å². The van der Waals surface area contributed by atoms with E-state index in [-0.39, 0.29) is 23.0 Å². The second-order valence-electron chi connectivity index (χ2n) is 11.4. The van der Waals surface area contributed by atoms with Gasteiger partial charge >= 0.3 is 12.1 Å². The number of thiazole rings is 1. The third-order valence-electron chi connectivity index (χ3n) is 7.81. The number of thioether (sulfide) groups is 2. The SMILES string of the molecule is CO[C@@]1(NC(=O)Cc2csc(NC(=O)OCC(Cl)(Cl)Cl)n2)C(=O)N2C(C(=O)OC(c3ccccc3)c3ccccc3)=C(CSc3nnnn3C)CS[C@@H]21. The topological polar surface area (TPSA) is 180 Å². The Hall–Kier alpha value is -3.91. The van der Waals surface area contributed by atoms with E-state index in [2.05, 4.69) is 31.1 Å². The number of amides is 3. The summed E-state index contributed by atoms with van der Waals surface area (Å²) < 4.78 is 16.5. The third-order valence-corrected chi connectivity index (χ3v) is 11.4. The number of fused-ring (bicyclic) bond motifs is 1. The fourth-order valence-electron chi connectivity index (χ4n) is 5.42. The minimum atomic E-state index is -1.80. The number of hydrogen-bond acceptors (Lipinski definition) is 14. The van der Waals surface area contributed by atoms with Crippen molar-refractivity contribution in [3.8, 4) is 0 Å². The molecule has 0 saturated carbocycles. The van der Waals surface area contributed by atoms with Crippen LogP contribution in [0.1, 0.15) is 22.9 Å². The Morgan fingerprint density at radius 3 is 2.38 bits per heavy atom. The number of aryl methyl sites for hydroxylation is 1. The van der Waals surface area contributed by atoms with E-state index in [9.17, 15) is 19.2 Å². The van der Waals surface area contributed by atoms with Gasteiger partial charge in [0.1, 0.15) is 17.7 Å². The lowest BCUT2D eigenvalue weighted by molar-refractivity contribution is -0.193. The molecule has 6 rings (SSSR count). The lowest BCUT2D eigenvalue weighted by atomic mass is 9.97. The number of nitrogens with zero attached hydrogens (tertiary/aromatic N) is 6. The number of rotatable bonds is 13. The molecule has 15 nitrogen and oxygen atoms in total. The Labute approximate surface area is 330 Å². The van der Waals surface area contributed by atoms with Crippen molar-refractivity contribution in [2.24, 2.45) is 7.05 Å². The number of alkyl halides is 3. The van der Waals surface area contributed by atoms with Crippen LogP contribution in [0.3, 0.4) is 0 Å². The van der Waals surface area contributed by atoms with Gasteiger partial charge < -0.3 is 19.5 Å². The highest BCUT2D eigenvalue weighted by atomic mass is 35.6. The molecular weight excluding hydrogens is 811 g/mol. The molecule has 2 aliphatic heterocycles. The summed E-state index contributed by atoms with van der Waals surface area (Å²) in [5.74, 6) is -1.40. The summed E-state index contributed by atoms with van der Waals surface area (Å²) in [7, 11) is 3.00. The lowest BCUT2D eigenvalue weighted by Gasteiger charge is -2.56. The van der Waals surface area contributed by atoms with Crippen molar-refractivity contribution in [3.63, 3.8) is 0 Å². The van der Waals surface area contributed by atoms with Crippen LogP contribution in [0.4, 0.5) is 9.93 Å². The molecule has 0 spiro atoms. The number of methoxy groups -OCH3 is 1. The van der Waals surface area contributed by atoms with Crippen LogP contribution in [0.15, 0.2) is 82.5 Å². The number of tetrazole rings is 1. The summed E-state index contributed by atoms with van der Waals surface area (Å²) in [4.78, 5) is 59.4. The Morgan fingerprint density at radius 1 is 1.09 bits per heavy atom. The number of halogens is 3. The second-order valence-corrected chi connectivity index (χ2v) is 16.8. The summed E-state index contributed by atoms with van der Waals surface area (Å²) in [5, 5.41) is 18.1. The van der Waals surface area contributed by atoms with E-state index in [1.54, 1.807) is 12.4 Å². The first kappa shape index (κ1) is 38.8. The van der Waals surface area contributed by atoms with Crippen molar-refractivity contribution >= 4 is 98.7 Å². The highest BCUT2D eigenvalue weighted by Gasteiger charge is 2.66. The standard InChI is InChI=1S/C32H29Cl3N8O7S3/c1-42-29(39-40-41-42)53-15-20-14-51-27-32(48-2,38-22(44)13-21-16-52-28(36-21)37-30(47)49-17-31(33,34)35)26(46)43(27)23(20)25(45)50-24(18-9-5-3-6-10-18)19-11-7-4-8-12-19/h3-12,16,24,27H,13-15,17H2,1-2H3,(H,38,44)(H,36,37,47)/t27-,32+/m1/s1. The molecule has 0 unspecified atom stereocenters. The third kappa shape index (κ3) is 8.91. The summed E-state index contributed by atoms with van der Waals surface area (Å²) in [6.07, 6.45) is -1.94. The number of benzene rings is 2. The van der Waals surface area contributed by atoms with Gasteiger partial charge in [-0.05, 0) is 27.1 Å². The van der Waals surface area contributed by atoms with Gasteiger partial charge in [-0.1, -0.05) is 107 Å². The molecule has 2 aliphatic rings. The zero-order valence-corrected chi connectivity index (χ0v) is 32.5. The van der Waals surface area contributed by atoms with Crippen LogP contribution in [0.5, 0.6) is 0 Å². The van der Waals surface area contributed by atoms with Crippen LogP contribution < -0.4 is 10.6 Å². The minimum absolute atomic E-state index is 0.0528. The number of anilines is 1. The van der Waals surface area contributed by atoms with Crippen LogP contribution in [0.25, 0.3) is 0 Å². The number of esters is 1. The Morgan fingerprint density at radius 2 is 1.77 bits per heavy atom. The zero-order chi connectivity index (χ0) is 37.8. The Bertz CT molecular complexity index is 1980. The number of aromatic nitrogens is 5. The number of β-lactam (4-membered cyclic amide) rings is 1. The molecule has 1 saturated heterocycles. The van der Waals surface area contributed by atoms with Crippen molar-refractivity contribution in [2.75, 3.05) is 30.5 Å². The highest BCUT2D eigenvalue weighted by molar-refractivity contribution is 8.01. The van der Waals surface area contributed by atoms with Crippen LogP contribution in [-0.2, 0) is 42.1 Å². The van der Waals surface area contributed by atoms with E-state index in [0.717, 1.165) is 22.5 Å². The van der Waals surface area contributed by atoms with Crippen LogP contribution in [0.2, 0.25) is 0 Å². The van der Waals surface area contributed by atoms with Gasteiger partial charge in [0.15, 0.2) is 11.2 Å². The molecule has 53 heavy (non-hydrogen) atoms. The van der Waals surface area contributed by atoms with Gasteiger partial charge in [0.2, 0.25) is 14.9 Å². The molecule has 0 radical (unpaired) electrons. The molecule has 4 heterocycles. The van der Waals surface area contributed by atoms with E-state index in [0.29, 0.717) is 22.2 Å². The molecule has 2 aromatic heterocycles. The van der Waals surface area contributed by atoms with Crippen molar-refractivity contribution in [1.82, 2.24) is 35.4 Å². The number of carbonyl (C=O) groups excluding carboxylic acids is 4. The van der Waals surface area contributed by atoms with Gasteiger partial charge in [0.05, 0.1) is 12.1 Å². The summed E-state index contributed by atoms with van der Waals surface area (Å²) in [6, 6.07) is 18.6. The average molecular weight is 840 g/mol. The summed E-state index contributed by atoms with van der Waals surface area (Å²) in [6.45, 7) is -0.484. The predicted molar refractivity (Wildman–Crippen MR) is 199 cm³/mol. The van der Waals surface area contributed by atoms with Crippen molar-refractivity contribution in [1.29, 1.82) is 0 Å². The second kappa shape index (κ2) is 16.6. The molecule has 0 aliphatic carbocycles. The van der Waals surface area contributed by atoms with Gasteiger partial charge in [-0.3, -0.25) is 19.8 Å². The molecule has 4 aromatic rings. The van der Waals surface area contributed by atoms with Crippen LogP contribution >= 0.6 is 69.7 Å². The number of ether oxygens (including phenoxy) is 3. The molecule has 278 valence electrons. The van der Waals surface area contributed by atoms with Crippen LogP contribution in [-0.4, -0.2) is 94.1 Å². The molecular formula is C32H29Cl3N8O7S3. The quantitative estimate of drug-likeness (QED) is 0.0613. The monoisotopic (exact) mass is 838 g/mol. The van der Waals surface area contributed by atoms with Gasteiger partial charge in [-0.15, -0.1) is 28.2 Å².